The first-order valence-corrected chi connectivity index (χ1v) is 14.4. The third kappa shape index (κ3) is 6.21. The van der Waals surface area contributed by atoms with E-state index in [2.05, 4.69) is 19.9 Å². The van der Waals surface area contributed by atoms with Gasteiger partial charge in [-0.2, -0.15) is 0 Å². The minimum atomic E-state index is -3.84. The number of fused-ring (bicyclic) bond motifs is 1. The molecule has 0 aliphatic heterocycles. The number of aromatic hydroxyl groups is 1. The fourth-order valence-corrected chi connectivity index (χ4v) is 5.46. The fraction of sp³-hybridized carbons (Fsp3) is 0.360. The molecule has 0 spiro atoms. The molecule has 0 aliphatic rings. The van der Waals surface area contributed by atoms with Gasteiger partial charge in [0.2, 0.25) is 10.0 Å². The topological polar surface area (TPSA) is 114 Å². The molecule has 4 aromatic rings. The number of hydrogen-bond acceptors (Lipinski definition) is 7. The number of aryl methyl sites for hydroxylation is 1. The predicted molar refractivity (Wildman–Crippen MR) is 142 cm³/mol. The lowest BCUT2D eigenvalue weighted by atomic mass is 9.97. The van der Waals surface area contributed by atoms with E-state index in [1.54, 1.807) is 6.20 Å². The normalized spacial score (nSPS) is 12.2. The van der Waals surface area contributed by atoms with Crippen LogP contribution in [-0.2, 0) is 17.1 Å². The third-order valence-electron chi connectivity index (χ3n) is 5.56. The summed E-state index contributed by atoms with van der Waals surface area (Å²) >= 11 is 1.46. The highest BCUT2D eigenvalue weighted by molar-refractivity contribution is 7.99. The zero-order valence-electron chi connectivity index (χ0n) is 21.2. The van der Waals surface area contributed by atoms with Crippen molar-refractivity contribution in [2.24, 2.45) is 7.05 Å². The molecular weight excluding hydrogens is 496 g/mol. The second-order valence-corrected chi connectivity index (χ2v) is 10.8. The number of aromatic nitrogens is 5. The highest BCUT2D eigenvalue weighted by Gasteiger charge is 2.23. The second kappa shape index (κ2) is 12.3. The lowest BCUT2D eigenvalue weighted by molar-refractivity contribution is -0.713. The number of thioether (sulfide) groups is 1. The van der Waals surface area contributed by atoms with Gasteiger partial charge in [-0.25, -0.2) is 17.7 Å². The van der Waals surface area contributed by atoms with Crippen LogP contribution in [-0.4, -0.2) is 45.8 Å². The summed E-state index contributed by atoms with van der Waals surface area (Å²) < 4.78 is 30.9. The number of benzene rings is 2. The number of sulfonamides is 1. The Labute approximate surface area is 216 Å². The monoisotopic (exact) mass is 529 g/mol. The summed E-state index contributed by atoms with van der Waals surface area (Å²) in [7, 11) is -1.95. The van der Waals surface area contributed by atoms with E-state index in [4.69, 9.17) is 0 Å². The van der Waals surface area contributed by atoms with E-state index in [1.165, 1.54) is 28.7 Å². The van der Waals surface area contributed by atoms with Crippen LogP contribution >= 0.6 is 11.8 Å². The van der Waals surface area contributed by atoms with Crippen LogP contribution in [0.5, 0.6) is 5.75 Å². The van der Waals surface area contributed by atoms with Crippen LogP contribution in [0.2, 0.25) is 0 Å². The van der Waals surface area contributed by atoms with Crippen LogP contribution in [0.4, 0.5) is 0 Å². The number of phenolic OH excluding ortho intramolecular Hbond substituents is 1. The van der Waals surface area contributed by atoms with Crippen LogP contribution in [0, 0.1) is 0 Å². The van der Waals surface area contributed by atoms with Gasteiger partial charge < -0.3 is 5.11 Å². The van der Waals surface area contributed by atoms with Gasteiger partial charge in [0.05, 0.1) is 18.1 Å². The lowest BCUT2D eigenvalue weighted by Gasteiger charge is -2.17. The smallest absolute Gasteiger partial charge is 0.358 e. The van der Waals surface area contributed by atoms with Crippen molar-refractivity contribution >= 4 is 32.8 Å². The minimum Gasteiger partial charge on any atom is -0.505 e. The molecule has 0 radical (unpaired) electrons. The number of phenols is 1. The summed E-state index contributed by atoms with van der Waals surface area (Å²) in [6, 6.07) is 12.1. The van der Waals surface area contributed by atoms with Crippen LogP contribution in [0.25, 0.3) is 16.7 Å². The Hall–Kier alpha value is -3.02. The van der Waals surface area contributed by atoms with Gasteiger partial charge in [0, 0.05) is 23.9 Å². The lowest BCUT2D eigenvalue weighted by Crippen LogP contribution is -2.32. The van der Waals surface area contributed by atoms with Crippen LogP contribution in [0.15, 0.2) is 64.9 Å². The van der Waals surface area contributed by atoms with Gasteiger partial charge in [0.25, 0.3) is 0 Å². The Balaban J connectivity index is 0.00000176. The molecule has 1 atom stereocenters. The third-order valence-corrected chi connectivity index (χ3v) is 8.06. The first kappa shape index (κ1) is 27.6. The maximum absolute atomic E-state index is 13.2. The van der Waals surface area contributed by atoms with E-state index in [0.29, 0.717) is 22.3 Å². The molecule has 0 aliphatic carbocycles. The van der Waals surface area contributed by atoms with Crippen LogP contribution < -0.4 is 9.29 Å². The average molecular weight is 530 g/mol. The molecular formula is C25H33N6O3S2+. The molecule has 11 heteroatoms. The van der Waals surface area contributed by atoms with Crippen molar-refractivity contribution in [3.8, 4) is 11.4 Å². The van der Waals surface area contributed by atoms with Crippen molar-refractivity contribution in [2.75, 3.05) is 12.3 Å². The predicted octanol–water partition coefficient (Wildman–Crippen LogP) is 3.96. The number of nitrogens with zero attached hydrogens (tertiary/aromatic N) is 5. The molecule has 2 aromatic carbocycles. The first-order valence-electron chi connectivity index (χ1n) is 11.9. The molecule has 36 heavy (non-hydrogen) atoms. The summed E-state index contributed by atoms with van der Waals surface area (Å²) in [5.41, 5.74) is 2.07. The van der Waals surface area contributed by atoms with E-state index in [-0.39, 0.29) is 28.8 Å². The van der Waals surface area contributed by atoms with Crippen molar-refractivity contribution in [1.82, 2.24) is 24.7 Å². The Morgan fingerprint density at radius 1 is 1.14 bits per heavy atom. The summed E-state index contributed by atoms with van der Waals surface area (Å²) in [5.74, 6) is 0.435. The maximum atomic E-state index is 13.2. The van der Waals surface area contributed by atoms with Crippen molar-refractivity contribution < 1.29 is 18.1 Å². The van der Waals surface area contributed by atoms with E-state index in [0.717, 1.165) is 11.6 Å². The molecule has 192 valence electrons. The van der Waals surface area contributed by atoms with Crippen molar-refractivity contribution in [1.29, 1.82) is 0 Å². The van der Waals surface area contributed by atoms with Crippen LogP contribution in [0.3, 0.4) is 0 Å². The van der Waals surface area contributed by atoms with Gasteiger partial charge >= 0.3 is 5.16 Å². The quantitative estimate of drug-likeness (QED) is 0.146. The molecule has 0 saturated heterocycles. The Morgan fingerprint density at radius 2 is 1.81 bits per heavy atom. The fourth-order valence-electron chi connectivity index (χ4n) is 3.45. The zero-order chi connectivity index (χ0) is 26.3. The van der Waals surface area contributed by atoms with E-state index >= 15 is 0 Å². The molecule has 9 nitrogen and oxygen atoms in total. The molecule has 0 bridgehead atoms. The Kier molecular flexibility index (Phi) is 9.41. The van der Waals surface area contributed by atoms with Crippen molar-refractivity contribution in [2.45, 2.75) is 50.1 Å². The van der Waals surface area contributed by atoms with E-state index < -0.39 is 10.0 Å². The van der Waals surface area contributed by atoms with Gasteiger partial charge in [-0.3, -0.25) is 0 Å². The molecule has 4 rings (SSSR count). The standard InChI is InChI=1S/C23H26N6O3S2.C2H6/c1-4-16(2)18-14-17(34(31,32)25-11-13-33-23-24-10-7-12-28(23)3)15-21(22(18)30)29-26-19-8-5-6-9-20(19)27-29;1-2/h5-10,12,14-16,25H,4,11,13H2,1-3H3;1-2H3/p+1. The number of hydrogen-bond donors (Lipinski definition) is 2. The molecule has 2 N–H and O–H groups in total. The highest BCUT2D eigenvalue weighted by atomic mass is 32.2. The van der Waals surface area contributed by atoms with E-state index in [1.807, 2.05) is 75.8 Å². The highest BCUT2D eigenvalue weighted by Crippen LogP contribution is 2.35. The largest absolute Gasteiger partial charge is 0.505 e. The summed E-state index contributed by atoms with van der Waals surface area (Å²) in [6.45, 7) is 8.15. The Bertz CT molecular complexity index is 1390. The van der Waals surface area contributed by atoms with Gasteiger partial charge in [0.15, 0.2) is 0 Å². The molecule has 0 amide bonds. The van der Waals surface area contributed by atoms with E-state index in [9.17, 15) is 13.5 Å². The van der Waals surface area contributed by atoms with Crippen LogP contribution in [0.1, 0.15) is 45.6 Å². The summed E-state index contributed by atoms with van der Waals surface area (Å²) in [6.07, 6.45) is 4.32. The number of nitrogens with one attached hydrogen (secondary N) is 1. The molecule has 2 heterocycles. The van der Waals surface area contributed by atoms with Crippen molar-refractivity contribution in [3.63, 3.8) is 0 Å². The van der Waals surface area contributed by atoms with Gasteiger partial charge in [-0.05, 0) is 53.4 Å². The van der Waals surface area contributed by atoms with Gasteiger partial charge in [-0.15, -0.1) is 15.0 Å². The SMILES string of the molecule is CC.CCC(C)c1cc(S(=O)(=O)NCCSc2nccc[n+]2C)cc(-n2nc3ccccc3n2)c1O. The van der Waals surface area contributed by atoms with Gasteiger partial charge in [-0.1, -0.05) is 39.8 Å². The zero-order valence-corrected chi connectivity index (χ0v) is 22.8. The summed E-state index contributed by atoms with van der Waals surface area (Å²) in [5, 5.41) is 20.6. The van der Waals surface area contributed by atoms with Gasteiger partial charge in [0.1, 0.15) is 28.7 Å². The second-order valence-electron chi connectivity index (χ2n) is 7.93. The maximum Gasteiger partial charge on any atom is 0.358 e. The molecule has 1 unspecified atom stereocenters. The Morgan fingerprint density at radius 3 is 2.42 bits per heavy atom. The molecule has 0 saturated carbocycles. The molecule has 2 aromatic heterocycles. The number of rotatable bonds is 9. The minimum absolute atomic E-state index is 0.0215. The average Bonchev–Trinajstić information content (AvgIpc) is 3.32. The van der Waals surface area contributed by atoms with Crippen molar-refractivity contribution in [3.05, 3.63) is 60.4 Å². The molecule has 0 fully saturated rings. The first-order chi connectivity index (χ1) is 17.3. The summed E-state index contributed by atoms with van der Waals surface area (Å²) in [4.78, 5) is 5.64.